The molecule has 0 heterocycles. The number of benzene rings is 1. The number of ether oxygens (including phenoxy) is 1. The van der Waals surface area contributed by atoms with Crippen LogP contribution in [-0.4, -0.2) is 25.1 Å². The summed E-state index contributed by atoms with van der Waals surface area (Å²) in [5, 5.41) is 10.6. The average molecular weight is 279 g/mol. The molecule has 108 valence electrons. The van der Waals surface area contributed by atoms with Gasteiger partial charge < -0.3 is 15.8 Å². The van der Waals surface area contributed by atoms with Crippen LogP contribution in [-0.2, 0) is 11.2 Å². The van der Waals surface area contributed by atoms with Crippen molar-refractivity contribution in [2.45, 2.75) is 25.8 Å². The zero-order valence-electron chi connectivity index (χ0n) is 11.4. The van der Waals surface area contributed by atoms with E-state index in [1.54, 1.807) is 12.1 Å². The monoisotopic (exact) mass is 279 g/mol. The Hall–Kier alpha value is -2.13. The van der Waals surface area contributed by atoms with Crippen LogP contribution in [0, 0.1) is 17.1 Å². The SMILES string of the molecule is CCC(N)Cc1cc(F)cc(OCC(=O)NCC#N)c1. The molecule has 0 saturated heterocycles. The molecule has 3 N–H and O–H groups in total. The number of carbonyl (C=O) groups excluding carboxylic acids is 1. The van der Waals surface area contributed by atoms with E-state index in [2.05, 4.69) is 5.32 Å². The summed E-state index contributed by atoms with van der Waals surface area (Å²) < 4.78 is 18.6. The van der Waals surface area contributed by atoms with Crippen molar-refractivity contribution in [1.82, 2.24) is 5.32 Å². The normalized spacial score (nSPS) is 11.5. The molecule has 0 aromatic heterocycles. The second-order valence-electron chi connectivity index (χ2n) is 4.39. The summed E-state index contributed by atoms with van der Waals surface area (Å²) in [6, 6.07) is 6.01. The van der Waals surface area contributed by atoms with Gasteiger partial charge in [-0.3, -0.25) is 4.79 Å². The number of amides is 1. The molecule has 0 spiro atoms. The van der Waals surface area contributed by atoms with Gasteiger partial charge in [0.25, 0.3) is 5.91 Å². The molecule has 0 radical (unpaired) electrons. The lowest BCUT2D eigenvalue weighted by Crippen LogP contribution is -2.29. The second kappa shape index (κ2) is 8.12. The van der Waals surface area contributed by atoms with Crippen molar-refractivity contribution in [1.29, 1.82) is 5.26 Å². The van der Waals surface area contributed by atoms with Gasteiger partial charge in [-0.15, -0.1) is 0 Å². The quantitative estimate of drug-likeness (QED) is 0.732. The van der Waals surface area contributed by atoms with E-state index in [1.807, 2.05) is 6.92 Å². The van der Waals surface area contributed by atoms with Crippen LogP contribution in [0.1, 0.15) is 18.9 Å². The first kappa shape index (κ1) is 15.9. The minimum absolute atomic E-state index is 0.0384. The van der Waals surface area contributed by atoms with Crippen molar-refractivity contribution in [2.24, 2.45) is 5.73 Å². The minimum Gasteiger partial charge on any atom is -0.484 e. The van der Waals surface area contributed by atoms with Crippen LogP contribution in [0.5, 0.6) is 5.75 Å². The van der Waals surface area contributed by atoms with E-state index in [4.69, 9.17) is 15.7 Å². The Morgan fingerprint density at radius 1 is 1.55 bits per heavy atom. The van der Waals surface area contributed by atoms with E-state index >= 15 is 0 Å². The Balaban J connectivity index is 2.62. The van der Waals surface area contributed by atoms with Gasteiger partial charge in [-0.1, -0.05) is 6.92 Å². The first-order valence-electron chi connectivity index (χ1n) is 6.36. The third-order valence-corrected chi connectivity index (χ3v) is 2.69. The van der Waals surface area contributed by atoms with Crippen LogP contribution < -0.4 is 15.8 Å². The van der Waals surface area contributed by atoms with Gasteiger partial charge in [0.15, 0.2) is 6.61 Å². The van der Waals surface area contributed by atoms with Gasteiger partial charge in [0, 0.05) is 12.1 Å². The first-order chi connectivity index (χ1) is 9.55. The fourth-order valence-corrected chi connectivity index (χ4v) is 1.61. The highest BCUT2D eigenvalue weighted by Gasteiger charge is 2.07. The number of nitriles is 1. The van der Waals surface area contributed by atoms with Crippen molar-refractivity contribution in [3.63, 3.8) is 0 Å². The molecule has 1 aromatic rings. The number of nitrogens with two attached hydrogens (primary N) is 1. The maximum atomic E-state index is 13.4. The Bertz CT molecular complexity index is 500. The number of halogens is 1. The summed E-state index contributed by atoms with van der Waals surface area (Å²) >= 11 is 0. The van der Waals surface area contributed by atoms with Crippen molar-refractivity contribution < 1.29 is 13.9 Å². The number of rotatable bonds is 7. The molecule has 20 heavy (non-hydrogen) atoms. The lowest BCUT2D eigenvalue weighted by Gasteiger charge is -2.11. The van der Waals surface area contributed by atoms with Gasteiger partial charge in [-0.2, -0.15) is 5.26 Å². The fourth-order valence-electron chi connectivity index (χ4n) is 1.61. The van der Waals surface area contributed by atoms with Crippen LogP contribution in [0.3, 0.4) is 0 Å². The largest absolute Gasteiger partial charge is 0.484 e. The van der Waals surface area contributed by atoms with Crippen molar-refractivity contribution in [3.05, 3.63) is 29.6 Å². The topological polar surface area (TPSA) is 88.1 Å². The Morgan fingerprint density at radius 2 is 2.30 bits per heavy atom. The molecule has 5 nitrogen and oxygen atoms in total. The number of nitrogens with zero attached hydrogens (tertiary/aromatic N) is 1. The summed E-state index contributed by atoms with van der Waals surface area (Å²) in [5.74, 6) is -0.587. The van der Waals surface area contributed by atoms with Crippen molar-refractivity contribution in [2.75, 3.05) is 13.2 Å². The van der Waals surface area contributed by atoms with E-state index in [9.17, 15) is 9.18 Å². The van der Waals surface area contributed by atoms with E-state index in [-0.39, 0.29) is 24.9 Å². The molecule has 0 aliphatic heterocycles. The van der Waals surface area contributed by atoms with Gasteiger partial charge >= 0.3 is 0 Å². The lowest BCUT2D eigenvalue weighted by atomic mass is 10.0. The number of hydrogen-bond acceptors (Lipinski definition) is 4. The maximum Gasteiger partial charge on any atom is 0.258 e. The Kier molecular flexibility index (Phi) is 6.47. The molecular formula is C14H18FN3O2. The zero-order valence-corrected chi connectivity index (χ0v) is 11.4. The van der Waals surface area contributed by atoms with Crippen molar-refractivity contribution >= 4 is 5.91 Å². The summed E-state index contributed by atoms with van der Waals surface area (Å²) in [6.07, 6.45) is 1.34. The molecule has 0 aliphatic carbocycles. The molecule has 0 fully saturated rings. The van der Waals surface area contributed by atoms with Gasteiger partial charge in [-0.25, -0.2) is 4.39 Å². The predicted molar refractivity (Wildman–Crippen MR) is 72.5 cm³/mol. The third kappa shape index (κ3) is 5.67. The highest BCUT2D eigenvalue weighted by Crippen LogP contribution is 2.18. The molecule has 0 aliphatic rings. The van der Waals surface area contributed by atoms with E-state index in [0.717, 1.165) is 12.0 Å². The average Bonchev–Trinajstić information content (AvgIpc) is 2.42. The Labute approximate surface area is 117 Å². The van der Waals surface area contributed by atoms with Gasteiger partial charge in [0.05, 0.1) is 6.07 Å². The predicted octanol–water partition coefficient (Wildman–Crippen LogP) is 1.12. The van der Waals surface area contributed by atoms with Crippen LogP contribution >= 0.6 is 0 Å². The molecule has 1 amide bonds. The molecule has 1 aromatic carbocycles. The minimum atomic E-state index is -0.432. The molecular weight excluding hydrogens is 261 g/mol. The van der Waals surface area contributed by atoms with E-state index < -0.39 is 11.7 Å². The first-order valence-corrected chi connectivity index (χ1v) is 6.36. The summed E-state index contributed by atoms with van der Waals surface area (Å²) in [5.41, 5.74) is 6.55. The number of hydrogen-bond donors (Lipinski definition) is 2. The van der Waals surface area contributed by atoms with E-state index in [1.165, 1.54) is 12.1 Å². The standard InChI is InChI=1S/C14H18FN3O2/c1-2-12(17)6-10-5-11(15)8-13(7-10)20-9-14(19)18-4-3-16/h5,7-8,12H,2,4,6,9,17H2,1H3,(H,18,19). The molecule has 1 rings (SSSR count). The molecule has 0 saturated carbocycles. The van der Waals surface area contributed by atoms with Crippen molar-refractivity contribution in [3.8, 4) is 11.8 Å². The van der Waals surface area contributed by atoms with Gasteiger partial charge in [0.2, 0.25) is 0 Å². The third-order valence-electron chi connectivity index (χ3n) is 2.69. The summed E-state index contributed by atoms with van der Waals surface area (Å²) in [7, 11) is 0. The van der Waals surface area contributed by atoms with Crippen LogP contribution in [0.25, 0.3) is 0 Å². The molecule has 0 bridgehead atoms. The van der Waals surface area contributed by atoms with Crippen LogP contribution in [0.4, 0.5) is 4.39 Å². The maximum absolute atomic E-state index is 13.4. The molecule has 1 atom stereocenters. The number of nitrogens with one attached hydrogen (secondary N) is 1. The zero-order chi connectivity index (χ0) is 15.0. The van der Waals surface area contributed by atoms with Gasteiger partial charge in [0.1, 0.15) is 18.1 Å². The van der Waals surface area contributed by atoms with Crippen LogP contribution in [0.15, 0.2) is 18.2 Å². The number of carbonyl (C=O) groups is 1. The summed E-state index contributed by atoms with van der Waals surface area (Å²) in [6.45, 7) is 1.62. The highest BCUT2D eigenvalue weighted by atomic mass is 19.1. The van der Waals surface area contributed by atoms with Gasteiger partial charge in [-0.05, 0) is 30.5 Å². The Morgan fingerprint density at radius 3 is 2.95 bits per heavy atom. The molecule has 1 unspecified atom stereocenters. The smallest absolute Gasteiger partial charge is 0.258 e. The highest BCUT2D eigenvalue weighted by molar-refractivity contribution is 5.77. The molecule has 6 heteroatoms. The van der Waals surface area contributed by atoms with Crippen LogP contribution in [0.2, 0.25) is 0 Å². The second-order valence-corrected chi connectivity index (χ2v) is 4.39. The van der Waals surface area contributed by atoms with E-state index in [0.29, 0.717) is 6.42 Å². The lowest BCUT2D eigenvalue weighted by molar-refractivity contribution is -0.122. The fraction of sp³-hybridized carbons (Fsp3) is 0.429. The summed E-state index contributed by atoms with van der Waals surface area (Å²) in [4.78, 5) is 11.3.